The number of hydrogen-bond donors (Lipinski definition) is 0. The zero-order chi connectivity index (χ0) is 23.4. The van der Waals surface area contributed by atoms with Gasteiger partial charge in [-0.25, -0.2) is 0 Å². The van der Waals surface area contributed by atoms with Crippen molar-refractivity contribution in [3.63, 3.8) is 0 Å². The maximum absolute atomic E-state index is 12.9. The maximum atomic E-state index is 12.9. The number of methoxy groups -OCH3 is 1. The normalized spacial score (nSPS) is 22.4. The van der Waals surface area contributed by atoms with Crippen molar-refractivity contribution in [1.82, 2.24) is 9.80 Å². The SMILES string of the molecule is COc1cc(/C=C2\SC(=S)N(C[C@@H]3CCCO3)C2=O)cc(Br)c1OCC(=O)N1CCOCC1. The largest absolute Gasteiger partial charge is 0.493 e. The highest BCUT2D eigenvalue weighted by Crippen LogP contribution is 2.39. The van der Waals surface area contributed by atoms with Gasteiger partial charge < -0.3 is 23.8 Å². The summed E-state index contributed by atoms with van der Waals surface area (Å²) in [5, 5.41) is 0. The molecule has 0 spiro atoms. The average Bonchev–Trinajstić information content (AvgIpc) is 3.42. The van der Waals surface area contributed by atoms with Crippen LogP contribution < -0.4 is 9.47 Å². The molecule has 178 valence electrons. The second-order valence-corrected chi connectivity index (χ2v) is 10.3. The van der Waals surface area contributed by atoms with Gasteiger partial charge in [0.2, 0.25) is 0 Å². The molecule has 11 heteroatoms. The van der Waals surface area contributed by atoms with Gasteiger partial charge in [0.1, 0.15) is 4.32 Å². The van der Waals surface area contributed by atoms with E-state index < -0.39 is 0 Å². The van der Waals surface area contributed by atoms with Crippen LogP contribution in [0, 0.1) is 0 Å². The number of ether oxygens (including phenoxy) is 4. The van der Waals surface area contributed by atoms with E-state index in [2.05, 4.69) is 15.9 Å². The molecule has 3 aliphatic heterocycles. The third-order valence-electron chi connectivity index (χ3n) is 5.54. The molecular formula is C22H25BrN2O6S2. The van der Waals surface area contributed by atoms with Crippen LogP contribution in [-0.4, -0.2) is 85.2 Å². The lowest BCUT2D eigenvalue weighted by molar-refractivity contribution is -0.137. The number of hydrogen-bond acceptors (Lipinski definition) is 8. The van der Waals surface area contributed by atoms with Crippen molar-refractivity contribution >= 4 is 62.1 Å². The van der Waals surface area contributed by atoms with Crippen LogP contribution in [0.2, 0.25) is 0 Å². The van der Waals surface area contributed by atoms with Crippen LogP contribution >= 0.6 is 39.9 Å². The van der Waals surface area contributed by atoms with Gasteiger partial charge in [-0.15, -0.1) is 0 Å². The molecule has 0 aromatic heterocycles. The number of rotatable bonds is 7. The molecular weight excluding hydrogens is 532 g/mol. The topological polar surface area (TPSA) is 77.5 Å². The number of morpholine rings is 1. The minimum atomic E-state index is -0.118. The molecule has 8 nitrogen and oxygen atoms in total. The second kappa shape index (κ2) is 11.2. The van der Waals surface area contributed by atoms with Gasteiger partial charge in [-0.2, -0.15) is 0 Å². The lowest BCUT2D eigenvalue weighted by atomic mass is 10.1. The Kier molecular flexibility index (Phi) is 8.29. The number of nitrogens with zero attached hydrogens (tertiary/aromatic N) is 2. The summed E-state index contributed by atoms with van der Waals surface area (Å²) in [6.07, 6.45) is 3.77. The molecule has 3 saturated heterocycles. The third kappa shape index (κ3) is 5.89. The summed E-state index contributed by atoms with van der Waals surface area (Å²) >= 11 is 10.2. The van der Waals surface area contributed by atoms with E-state index in [-0.39, 0.29) is 24.5 Å². The molecule has 3 fully saturated rings. The molecule has 1 atom stereocenters. The van der Waals surface area contributed by atoms with Crippen LogP contribution in [0.5, 0.6) is 11.5 Å². The number of thioether (sulfide) groups is 1. The second-order valence-electron chi connectivity index (χ2n) is 7.74. The zero-order valence-electron chi connectivity index (χ0n) is 18.2. The number of thiocarbonyl (C=S) groups is 1. The summed E-state index contributed by atoms with van der Waals surface area (Å²) in [5.74, 6) is 0.667. The fourth-order valence-electron chi connectivity index (χ4n) is 3.80. The summed E-state index contributed by atoms with van der Waals surface area (Å²) in [6, 6.07) is 3.59. The third-order valence-corrected chi connectivity index (χ3v) is 7.50. The standard InChI is InChI=1S/C22H25BrN2O6S2/c1-28-17-10-14(9-16(23)20(17)31-13-19(26)24-4-7-29-8-5-24)11-18-21(27)25(22(32)33-18)12-15-3-2-6-30-15/h9-11,15H,2-8,12-13H2,1H3/b18-11-/t15-/m0/s1. The van der Waals surface area contributed by atoms with Crippen LogP contribution in [0.15, 0.2) is 21.5 Å². The lowest BCUT2D eigenvalue weighted by Crippen LogP contribution is -2.43. The van der Waals surface area contributed by atoms with Crippen molar-refractivity contribution < 1.29 is 28.5 Å². The Morgan fingerprint density at radius 3 is 2.82 bits per heavy atom. The predicted octanol–water partition coefficient (Wildman–Crippen LogP) is 3.08. The van der Waals surface area contributed by atoms with E-state index in [1.165, 1.54) is 18.9 Å². The van der Waals surface area contributed by atoms with E-state index in [9.17, 15) is 9.59 Å². The van der Waals surface area contributed by atoms with E-state index in [1.54, 1.807) is 21.9 Å². The summed E-state index contributed by atoms with van der Waals surface area (Å²) in [4.78, 5) is 29.2. The molecule has 0 bridgehead atoms. The highest BCUT2D eigenvalue weighted by Gasteiger charge is 2.34. The summed E-state index contributed by atoms with van der Waals surface area (Å²) in [6.45, 7) is 3.31. The monoisotopic (exact) mass is 556 g/mol. The summed E-state index contributed by atoms with van der Waals surface area (Å²) in [5.41, 5.74) is 0.753. The van der Waals surface area contributed by atoms with Gasteiger partial charge in [0.05, 0.1) is 42.4 Å². The molecule has 4 rings (SSSR count). The van der Waals surface area contributed by atoms with Gasteiger partial charge >= 0.3 is 0 Å². The first-order chi connectivity index (χ1) is 16.0. The Morgan fingerprint density at radius 1 is 1.33 bits per heavy atom. The molecule has 0 aliphatic carbocycles. The molecule has 3 heterocycles. The molecule has 1 aromatic carbocycles. The zero-order valence-corrected chi connectivity index (χ0v) is 21.4. The molecule has 3 aliphatic rings. The van der Waals surface area contributed by atoms with Crippen molar-refractivity contribution in [2.24, 2.45) is 0 Å². The fraction of sp³-hybridized carbons (Fsp3) is 0.500. The predicted molar refractivity (Wildman–Crippen MR) is 132 cm³/mol. The summed E-state index contributed by atoms with van der Waals surface area (Å²) in [7, 11) is 1.53. The van der Waals surface area contributed by atoms with Crippen molar-refractivity contribution in [3.05, 3.63) is 27.1 Å². The number of amides is 2. The van der Waals surface area contributed by atoms with Crippen molar-refractivity contribution in [3.8, 4) is 11.5 Å². The highest BCUT2D eigenvalue weighted by atomic mass is 79.9. The first-order valence-corrected chi connectivity index (χ1v) is 12.7. The fourth-order valence-corrected chi connectivity index (χ4v) is 5.65. The number of benzene rings is 1. The average molecular weight is 557 g/mol. The Balaban J connectivity index is 1.45. The van der Waals surface area contributed by atoms with Crippen molar-refractivity contribution in [2.45, 2.75) is 18.9 Å². The van der Waals surface area contributed by atoms with Crippen molar-refractivity contribution in [1.29, 1.82) is 0 Å². The van der Waals surface area contributed by atoms with E-state index in [0.717, 1.165) is 25.0 Å². The van der Waals surface area contributed by atoms with Crippen LogP contribution in [0.3, 0.4) is 0 Å². The van der Waals surface area contributed by atoms with Crippen molar-refractivity contribution in [2.75, 3.05) is 53.2 Å². The minimum Gasteiger partial charge on any atom is -0.493 e. The molecule has 0 radical (unpaired) electrons. The van der Waals surface area contributed by atoms with Gasteiger partial charge in [-0.1, -0.05) is 24.0 Å². The number of carbonyl (C=O) groups is 2. The minimum absolute atomic E-state index is 0.0395. The van der Waals surface area contributed by atoms with Crippen LogP contribution in [0.25, 0.3) is 6.08 Å². The maximum Gasteiger partial charge on any atom is 0.266 e. The van der Waals surface area contributed by atoms with Gasteiger partial charge in [-0.3, -0.25) is 14.5 Å². The van der Waals surface area contributed by atoms with Gasteiger partial charge in [0.15, 0.2) is 18.1 Å². The number of halogens is 1. The highest BCUT2D eigenvalue weighted by molar-refractivity contribution is 9.10. The lowest BCUT2D eigenvalue weighted by Gasteiger charge is -2.27. The first-order valence-electron chi connectivity index (χ1n) is 10.7. The van der Waals surface area contributed by atoms with Crippen LogP contribution in [0.4, 0.5) is 0 Å². The molecule has 1 aromatic rings. The quantitative estimate of drug-likeness (QED) is 0.374. The smallest absolute Gasteiger partial charge is 0.266 e. The Labute approximate surface area is 210 Å². The molecule has 33 heavy (non-hydrogen) atoms. The molecule has 0 saturated carbocycles. The number of carbonyl (C=O) groups excluding carboxylic acids is 2. The van der Waals surface area contributed by atoms with Gasteiger partial charge in [0.25, 0.3) is 11.8 Å². The Hall–Kier alpha value is -1.66. The molecule has 0 N–H and O–H groups in total. The van der Waals surface area contributed by atoms with Crippen LogP contribution in [0.1, 0.15) is 18.4 Å². The van der Waals surface area contributed by atoms with Gasteiger partial charge in [-0.05, 0) is 52.5 Å². The van der Waals surface area contributed by atoms with E-state index in [1.807, 2.05) is 6.07 Å². The van der Waals surface area contributed by atoms with Crippen LogP contribution in [-0.2, 0) is 19.1 Å². The first kappa shape index (κ1) is 24.5. The molecule has 0 unspecified atom stereocenters. The Bertz CT molecular complexity index is 960. The summed E-state index contributed by atoms with van der Waals surface area (Å²) < 4.78 is 23.4. The van der Waals surface area contributed by atoms with E-state index in [0.29, 0.717) is 58.0 Å². The van der Waals surface area contributed by atoms with E-state index in [4.69, 9.17) is 31.2 Å². The van der Waals surface area contributed by atoms with Gasteiger partial charge in [0, 0.05) is 19.7 Å². The Morgan fingerprint density at radius 2 is 2.12 bits per heavy atom. The van der Waals surface area contributed by atoms with E-state index >= 15 is 0 Å². The molecule has 2 amide bonds.